The van der Waals surface area contributed by atoms with Gasteiger partial charge in [0.25, 0.3) is 11.5 Å². The normalized spacial score (nSPS) is 13.8. The van der Waals surface area contributed by atoms with Crippen LogP contribution in [0.3, 0.4) is 0 Å². The highest BCUT2D eigenvalue weighted by Crippen LogP contribution is 2.35. The number of nitrogens with zero attached hydrogens (tertiary/aromatic N) is 3. The number of rotatable bonds is 8. The van der Waals surface area contributed by atoms with Gasteiger partial charge in [-0.25, -0.2) is 4.98 Å². The van der Waals surface area contributed by atoms with Crippen LogP contribution in [-0.2, 0) is 13.0 Å². The minimum atomic E-state index is -0.183. The number of aromatic nitrogens is 3. The number of pyridine rings is 2. The number of carbonyl (C=O) groups excluding carboxylic acids is 1. The molecule has 1 fully saturated rings. The Morgan fingerprint density at radius 3 is 2.55 bits per heavy atom. The molecule has 2 N–H and O–H groups in total. The van der Waals surface area contributed by atoms with Gasteiger partial charge in [-0.05, 0) is 100 Å². The zero-order chi connectivity index (χ0) is 28.4. The van der Waals surface area contributed by atoms with Gasteiger partial charge in [-0.15, -0.1) is 0 Å². The number of hydrogen-bond donors (Lipinski definition) is 2. The predicted octanol–water partition coefficient (Wildman–Crippen LogP) is 6.46. The largest absolute Gasteiger partial charge is 0.357 e. The van der Waals surface area contributed by atoms with Crippen molar-refractivity contribution in [2.24, 2.45) is 0 Å². The molecular weight excluding hydrogens is 498 g/mol. The maximum absolute atomic E-state index is 13.7. The molecule has 1 aliphatic heterocycles. The van der Waals surface area contributed by atoms with E-state index in [4.69, 9.17) is 4.98 Å². The smallest absolute Gasteiger partial charge is 0.253 e. The summed E-state index contributed by atoms with van der Waals surface area (Å²) in [5.74, 6) is 0.827. The molecule has 1 aliphatic rings. The van der Waals surface area contributed by atoms with Crippen LogP contribution < -0.4 is 15.8 Å². The van der Waals surface area contributed by atoms with Crippen molar-refractivity contribution >= 4 is 22.6 Å². The lowest BCUT2D eigenvalue weighted by atomic mass is 9.95. The van der Waals surface area contributed by atoms with Crippen molar-refractivity contribution in [1.82, 2.24) is 19.9 Å². The molecule has 1 amide bonds. The van der Waals surface area contributed by atoms with Crippen molar-refractivity contribution in [3.8, 4) is 11.1 Å². The van der Waals surface area contributed by atoms with E-state index in [0.29, 0.717) is 11.1 Å². The quantitative estimate of drug-likeness (QED) is 0.269. The van der Waals surface area contributed by atoms with Crippen LogP contribution in [0, 0.1) is 13.8 Å². The number of H-pyrrole nitrogens is 1. The maximum Gasteiger partial charge on any atom is 0.253 e. The molecule has 0 aliphatic carbocycles. The molecule has 5 rings (SSSR count). The van der Waals surface area contributed by atoms with Crippen LogP contribution in [0.4, 0.5) is 5.82 Å². The minimum Gasteiger partial charge on any atom is -0.357 e. The predicted molar refractivity (Wildman–Crippen MR) is 163 cm³/mol. The van der Waals surface area contributed by atoms with Crippen molar-refractivity contribution in [2.45, 2.75) is 79.3 Å². The van der Waals surface area contributed by atoms with E-state index >= 15 is 0 Å². The maximum atomic E-state index is 13.7. The lowest BCUT2D eigenvalue weighted by molar-refractivity contribution is 0.0950. The lowest BCUT2D eigenvalue weighted by Gasteiger charge is -2.27. The Balaban J connectivity index is 1.52. The molecule has 40 heavy (non-hydrogen) atoms. The van der Waals surface area contributed by atoms with E-state index in [2.05, 4.69) is 64.9 Å². The molecule has 0 unspecified atom stereocenters. The Labute approximate surface area is 236 Å². The topological polar surface area (TPSA) is 83.0 Å². The van der Waals surface area contributed by atoms with Gasteiger partial charge in [-0.2, -0.15) is 0 Å². The number of hydrogen-bond acceptors (Lipinski definition) is 4. The molecule has 0 bridgehead atoms. The van der Waals surface area contributed by atoms with Crippen LogP contribution in [0.1, 0.15) is 85.2 Å². The Morgan fingerprint density at radius 2 is 1.88 bits per heavy atom. The molecule has 0 saturated carbocycles. The summed E-state index contributed by atoms with van der Waals surface area (Å²) in [6.45, 7) is 12.6. The molecule has 7 nitrogen and oxygen atoms in total. The van der Waals surface area contributed by atoms with Crippen molar-refractivity contribution in [3.63, 3.8) is 0 Å². The number of aryl methyl sites for hydroxylation is 3. The van der Waals surface area contributed by atoms with E-state index in [1.54, 1.807) is 0 Å². The summed E-state index contributed by atoms with van der Waals surface area (Å²) in [5, 5.41) is 4.17. The number of piperidine rings is 1. The van der Waals surface area contributed by atoms with Gasteiger partial charge in [0.05, 0.1) is 5.52 Å². The highest BCUT2D eigenvalue weighted by Gasteiger charge is 2.21. The van der Waals surface area contributed by atoms with Gasteiger partial charge in [0.1, 0.15) is 5.82 Å². The van der Waals surface area contributed by atoms with E-state index in [1.165, 1.54) is 19.3 Å². The average Bonchev–Trinajstić information content (AvgIpc) is 3.40. The van der Waals surface area contributed by atoms with Crippen LogP contribution in [0.2, 0.25) is 0 Å². The van der Waals surface area contributed by atoms with E-state index in [1.807, 2.05) is 32.2 Å². The molecule has 4 heterocycles. The number of carbonyl (C=O) groups is 1. The number of benzene rings is 1. The number of aromatic amines is 1. The summed E-state index contributed by atoms with van der Waals surface area (Å²) >= 11 is 0. The first-order valence-electron chi connectivity index (χ1n) is 14.6. The number of amides is 1. The zero-order valence-corrected chi connectivity index (χ0v) is 24.4. The molecule has 0 atom stereocenters. The van der Waals surface area contributed by atoms with Crippen LogP contribution in [0.15, 0.2) is 47.5 Å². The Hall–Kier alpha value is -3.87. The molecular formula is C33H41N5O2. The standard InChI is InChI=1S/C33H41N5O2/c1-6-10-24-17-22(4)36-33(40)29(24)20-35-32(39)27-18-28(26-13-16-38(21(2)3)31(26)23(27)5)25-11-12-30(34-19-25)37-14-8-7-9-15-37/h11-13,16-19,21H,6-10,14-15,20H2,1-5H3,(H,35,39)(H,36,40). The summed E-state index contributed by atoms with van der Waals surface area (Å²) < 4.78 is 2.23. The minimum absolute atomic E-state index is 0.134. The van der Waals surface area contributed by atoms with Gasteiger partial charge in [0, 0.05) is 65.8 Å². The summed E-state index contributed by atoms with van der Waals surface area (Å²) in [7, 11) is 0. The number of anilines is 1. The summed E-state index contributed by atoms with van der Waals surface area (Å²) in [6, 6.07) is 10.6. The molecule has 0 spiro atoms. The molecule has 1 saturated heterocycles. The zero-order valence-electron chi connectivity index (χ0n) is 24.4. The van der Waals surface area contributed by atoms with Crippen LogP contribution >= 0.6 is 0 Å². The second-order valence-electron chi connectivity index (χ2n) is 11.3. The van der Waals surface area contributed by atoms with Gasteiger partial charge in [-0.3, -0.25) is 9.59 Å². The van der Waals surface area contributed by atoms with Crippen LogP contribution in [-0.4, -0.2) is 33.5 Å². The van der Waals surface area contributed by atoms with E-state index in [-0.39, 0.29) is 24.1 Å². The lowest BCUT2D eigenvalue weighted by Crippen LogP contribution is -2.30. The number of nitrogens with one attached hydrogen (secondary N) is 2. The molecule has 7 heteroatoms. The third-order valence-electron chi connectivity index (χ3n) is 8.10. The monoisotopic (exact) mass is 539 g/mol. The first-order valence-corrected chi connectivity index (χ1v) is 14.6. The van der Waals surface area contributed by atoms with Gasteiger partial charge >= 0.3 is 0 Å². The Bertz CT molecular complexity index is 1570. The summed E-state index contributed by atoms with van der Waals surface area (Å²) in [5.41, 5.74) is 6.90. The van der Waals surface area contributed by atoms with Crippen LogP contribution in [0.25, 0.3) is 22.0 Å². The van der Waals surface area contributed by atoms with E-state index in [9.17, 15) is 9.59 Å². The van der Waals surface area contributed by atoms with E-state index < -0.39 is 0 Å². The van der Waals surface area contributed by atoms with E-state index in [0.717, 1.165) is 70.6 Å². The third kappa shape index (κ3) is 5.42. The fraction of sp³-hybridized carbons (Fsp3) is 0.424. The first kappa shape index (κ1) is 27.7. The van der Waals surface area contributed by atoms with Gasteiger partial charge in [0.15, 0.2) is 0 Å². The fourth-order valence-corrected chi connectivity index (χ4v) is 6.01. The van der Waals surface area contributed by atoms with Crippen LogP contribution in [0.5, 0.6) is 0 Å². The SMILES string of the molecule is CCCc1cc(C)[nH]c(=O)c1CNC(=O)c1cc(-c2ccc(N3CCCCC3)nc2)c2ccn(C(C)C)c2c1C. The molecule has 4 aromatic rings. The first-order chi connectivity index (χ1) is 19.3. The van der Waals surface area contributed by atoms with Gasteiger partial charge in [-0.1, -0.05) is 13.3 Å². The van der Waals surface area contributed by atoms with Crippen molar-refractivity contribution < 1.29 is 4.79 Å². The summed E-state index contributed by atoms with van der Waals surface area (Å²) in [4.78, 5) is 36.6. The second kappa shape index (κ2) is 11.7. The molecule has 0 radical (unpaired) electrons. The molecule has 210 valence electrons. The third-order valence-corrected chi connectivity index (χ3v) is 8.10. The highest BCUT2D eigenvalue weighted by molar-refractivity contribution is 6.06. The van der Waals surface area contributed by atoms with Crippen molar-refractivity contribution in [3.05, 3.63) is 81.0 Å². The Kier molecular flexibility index (Phi) is 8.10. The summed E-state index contributed by atoms with van der Waals surface area (Å²) in [6.07, 6.45) is 9.46. The highest BCUT2D eigenvalue weighted by atomic mass is 16.1. The Morgan fingerprint density at radius 1 is 1.10 bits per heavy atom. The molecule has 1 aromatic carbocycles. The van der Waals surface area contributed by atoms with Crippen molar-refractivity contribution in [1.29, 1.82) is 0 Å². The molecule has 3 aromatic heterocycles. The van der Waals surface area contributed by atoms with Gasteiger partial charge in [0.2, 0.25) is 0 Å². The van der Waals surface area contributed by atoms with Gasteiger partial charge < -0.3 is 19.8 Å². The fourth-order valence-electron chi connectivity index (χ4n) is 6.01. The average molecular weight is 540 g/mol. The van der Waals surface area contributed by atoms with Crippen molar-refractivity contribution in [2.75, 3.05) is 18.0 Å². The second-order valence-corrected chi connectivity index (χ2v) is 11.3. The number of fused-ring (bicyclic) bond motifs is 1.